The molecule has 1 amide bonds. The van der Waals surface area contributed by atoms with Crippen LogP contribution < -0.4 is 10.6 Å². The van der Waals surface area contributed by atoms with Gasteiger partial charge in [0.2, 0.25) is 11.8 Å². The molecule has 0 bridgehead atoms. The number of hydrogen-bond acceptors (Lipinski definition) is 4. The SMILES string of the molecule is Cc1ccc(NC(=O)C2CC3CCCCC3N2)cc1-c1ncco1. The predicted molar refractivity (Wildman–Crippen MR) is 92.6 cm³/mol. The van der Waals surface area contributed by atoms with Crippen molar-refractivity contribution in [3.8, 4) is 11.5 Å². The molecule has 2 heterocycles. The normalized spacial score (nSPS) is 26.1. The van der Waals surface area contributed by atoms with Crippen LogP contribution >= 0.6 is 0 Å². The quantitative estimate of drug-likeness (QED) is 0.906. The highest BCUT2D eigenvalue weighted by molar-refractivity contribution is 5.95. The van der Waals surface area contributed by atoms with Gasteiger partial charge in [-0.3, -0.25) is 4.79 Å². The topological polar surface area (TPSA) is 67.2 Å². The first-order valence-electron chi connectivity index (χ1n) is 8.78. The number of carbonyl (C=O) groups excluding carboxylic acids is 1. The molecule has 0 spiro atoms. The summed E-state index contributed by atoms with van der Waals surface area (Å²) >= 11 is 0. The molecule has 3 atom stereocenters. The van der Waals surface area contributed by atoms with Gasteiger partial charge in [0.1, 0.15) is 6.26 Å². The van der Waals surface area contributed by atoms with Gasteiger partial charge in [-0.05, 0) is 49.8 Å². The van der Waals surface area contributed by atoms with Gasteiger partial charge >= 0.3 is 0 Å². The largest absolute Gasteiger partial charge is 0.445 e. The molecular formula is C19H23N3O2. The number of aryl methyl sites for hydroxylation is 1. The third-order valence-electron chi connectivity index (χ3n) is 5.35. The van der Waals surface area contributed by atoms with Gasteiger partial charge in [-0.25, -0.2) is 4.98 Å². The molecule has 24 heavy (non-hydrogen) atoms. The number of nitrogens with zero attached hydrogens (tertiary/aromatic N) is 1. The predicted octanol–water partition coefficient (Wildman–Crippen LogP) is 3.51. The van der Waals surface area contributed by atoms with E-state index < -0.39 is 0 Å². The van der Waals surface area contributed by atoms with Gasteiger partial charge in [-0.15, -0.1) is 0 Å². The maximum atomic E-state index is 12.6. The molecule has 5 nitrogen and oxygen atoms in total. The van der Waals surface area contributed by atoms with E-state index in [1.54, 1.807) is 12.5 Å². The van der Waals surface area contributed by atoms with Gasteiger partial charge in [-0.2, -0.15) is 0 Å². The third kappa shape index (κ3) is 2.96. The number of aromatic nitrogens is 1. The molecule has 1 aromatic carbocycles. The Morgan fingerprint density at radius 3 is 3.00 bits per heavy atom. The van der Waals surface area contributed by atoms with Crippen LogP contribution in [0, 0.1) is 12.8 Å². The summed E-state index contributed by atoms with van der Waals surface area (Å²) in [6.45, 7) is 2.01. The van der Waals surface area contributed by atoms with Crippen LogP contribution in [0.1, 0.15) is 37.7 Å². The average molecular weight is 325 g/mol. The summed E-state index contributed by atoms with van der Waals surface area (Å²) in [5.74, 6) is 1.30. The maximum Gasteiger partial charge on any atom is 0.241 e. The van der Waals surface area contributed by atoms with Crippen LogP contribution in [0.3, 0.4) is 0 Å². The maximum absolute atomic E-state index is 12.6. The summed E-state index contributed by atoms with van der Waals surface area (Å²) in [7, 11) is 0. The molecule has 1 saturated heterocycles. The van der Waals surface area contributed by atoms with Crippen LogP contribution in [-0.4, -0.2) is 23.0 Å². The third-order valence-corrected chi connectivity index (χ3v) is 5.35. The summed E-state index contributed by atoms with van der Waals surface area (Å²) < 4.78 is 5.39. The van der Waals surface area contributed by atoms with Crippen molar-refractivity contribution in [2.45, 2.75) is 51.1 Å². The highest BCUT2D eigenvalue weighted by Gasteiger charge is 2.38. The Balaban J connectivity index is 1.47. The molecule has 4 rings (SSSR count). The molecule has 1 aliphatic carbocycles. The van der Waals surface area contributed by atoms with Gasteiger partial charge in [0.05, 0.1) is 12.2 Å². The monoisotopic (exact) mass is 325 g/mol. The second-order valence-electron chi connectivity index (χ2n) is 6.96. The minimum absolute atomic E-state index is 0.0617. The molecule has 2 aliphatic rings. The van der Waals surface area contributed by atoms with Crippen LogP contribution in [0.2, 0.25) is 0 Å². The fourth-order valence-corrected chi connectivity index (χ4v) is 4.04. The highest BCUT2D eigenvalue weighted by atomic mass is 16.3. The van der Waals surface area contributed by atoms with E-state index >= 15 is 0 Å². The number of oxazole rings is 1. The van der Waals surface area contributed by atoms with Crippen molar-refractivity contribution in [1.82, 2.24) is 10.3 Å². The fraction of sp³-hybridized carbons (Fsp3) is 0.474. The van der Waals surface area contributed by atoms with E-state index in [1.807, 2.05) is 25.1 Å². The number of rotatable bonds is 3. The lowest BCUT2D eigenvalue weighted by atomic mass is 9.85. The fourth-order valence-electron chi connectivity index (χ4n) is 4.04. The van der Waals surface area contributed by atoms with Gasteiger partial charge in [0.25, 0.3) is 0 Å². The smallest absolute Gasteiger partial charge is 0.241 e. The second kappa shape index (κ2) is 6.40. The molecular weight excluding hydrogens is 302 g/mol. The van der Waals surface area contributed by atoms with E-state index in [9.17, 15) is 4.79 Å². The van der Waals surface area contributed by atoms with Crippen molar-refractivity contribution >= 4 is 11.6 Å². The van der Waals surface area contributed by atoms with Crippen LogP contribution in [-0.2, 0) is 4.79 Å². The first-order chi connectivity index (χ1) is 11.7. The molecule has 2 aromatic rings. The lowest BCUT2D eigenvalue weighted by Gasteiger charge is -2.24. The molecule has 2 N–H and O–H groups in total. The van der Waals surface area contributed by atoms with E-state index in [0.29, 0.717) is 17.9 Å². The minimum atomic E-state index is -0.0791. The van der Waals surface area contributed by atoms with Crippen molar-refractivity contribution in [3.05, 3.63) is 36.2 Å². The van der Waals surface area contributed by atoms with Gasteiger partial charge < -0.3 is 15.1 Å². The molecule has 0 radical (unpaired) electrons. The van der Waals surface area contributed by atoms with Gasteiger partial charge in [0.15, 0.2) is 0 Å². The van der Waals surface area contributed by atoms with E-state index in [2.05, 4.69) is 15.6 Å². The van der Waals surface area contributed by atoms with Crippen molar-refractivity contribution in [2.24, 2.45) is 5.92 Å². The molecule has 2 fully saturated rings. The van der Waals surface area contributed by atoms with Crippen molar-refractivity contribution < 1.29 is 9.21 Å². The lowest BCUT2D eigenvalue weighted by molar-refractivity contribution is -0.117. The Labute approximate surface area is 141 Å². The molecule has 5 heteroatoms. The van der Waals surface area contributed by atoms with Crippen molar-refractivity contribution in [3.63, 3.8) is 0 Å². The zero-order valence-corrected chi connectivity index (χ0v) is 13.9. The van der Waals surface area contributed by atoms with Crippen LogP contribution in [0.4, 0.5) is 5.69 Å². The average Bonchev–Trinajstić information content (AvgIpc) is 3.25. The zero-order chi connectivity index (χ0) is 16.5. The van der Waals surface area contributed by atoms with Crippen LogP contribution in [0.15, 0.2) is 35.1 Å². The number of anilines is 1. The summed E-state index contributed by atoms with van der Waals surface area (Å²) in [6, 6.07) is 6.29. The van der Waals surface area contributed by atoms with Crippen LogP contribution in [0.25, 0.3) is 11.5 Å². The number of amides is 1. The lowest BCUT2D eigenvalue weighted by Crippen LogP contribution is -2.39. The van der Waals surface area contributed by atoms with Crippen molar-refractivity contribution in [1.29, 1.82) is 0 Å². The summed E-state index contributed by atoms with van der Waals surface area (Å²) in [5, 5.41) is 6.58. The number of hydrogen-bond donors (Lipinski definition) is 2. The Hall–Kier alpha value is -2.14. The van der Waals surface area contributed by atoms with E-state index in [0.717, 1.165) is 23.2 Å². The van der Waals surface area contributed by atoms with Crippen LogP contribution in [0.5, 0.6) is 0 Å². The number of carbonyl (C=O) groups is 1. The minimum Gasteiger partial charge on any atom is -0.445 e. The first kappa shape index (κ1) is 15.4. The van der Waals surface area contributed by atoms with Crippen molar-refractivity contribution in [2.75, 3.05) is 5.32 Å². The second-order valence-corrected chi connectivity index (χ2v) is 6.96. The number of fused-ring (bicyclic) bond motifs is 1. The zero-order valence-electron chi connectivity index (χ0n) is 13.9. The summed E-state index contributed by atoms with van der Waals surface area (Å²) in [4.78, 5) is 16.8. The Kier molecular flexibility index (Phi) is 4.10. The van der Waals surface area contributed by atoms with Gasteiger partial charge in [-0.1, -0.05) is 18.9 Å². The van der Waals surface area contributed by atoms with E-state index in [1.165, 1.54) is 25.7 Å². The number of nitrogens with one attached hydrogen (secondary N) is 2. The molecule has 126 valence electrons. The van der Waals surface area contributed by atoms with E-state index in [4.69, 9.17) is 4.42 Å². The molecule has 1 saturated carbocycles. The Bertz CT molecular complexity index is 712. The Morgan fingerprint density at radius 1 is 1.33 bits per heavy atom. The van der Waals surface area contributed by atoms with Gasteiger partial charge in [0, 0.05) is 17.3 Å². The molecule has 1 aliphatic heterocycles. The van der Waals surface area contributed by atoms with E-state index in [-0.39, 0.29) is 11.9 Å². The Morgan fingerprint density at radius 2 is 2.21 bits per heavy atom. The summed E-state index contributed by atoms with van der Waals surface area (Å²) in [6.07, 6.45) is 9.17. The number of benzene rings is 1. The molecule has 3 unspecified atom stereocenters. The standard InChI is InChI=1S/C19H23N3O2/c1-12-6-7-14(11-15(12)19-20-8-9-24-19)21-18(23)17-10-13-4-2-3-5-16(13)22-17/h6-9,11,13,16-17,22H,2-5,10H2,1H3,(H,21,23). The highest BCUT2D eigenvalue weighted by Crippen LogP contribution is 2.33. The molecule has 1 aromatic heterocycles. The summed E-state index contributed by atoms with van der Waals surface area (Å²) in [5.41, 5.74) is 2.77. The first-order valence-corrected chi connectivity index (χ1v) is 8.78.